The molecule has 1 saturated carbocycles. The molecule has 0 heterocycles. The van der Waals surface area contributed by atoms with E-state index in [9.17, 15) is 8.42 Å². The second kappa shape index (κ2) is 7.40. The Morgan fingerprint density at radius 3 is 2.36 bits per heavy atom. The third-order valence-electron chi connectivity index (χ3n) is 4.13. The number of anilines is 1. The number of nitrogens with two attached hydrogens (primary N) is 2. The van der Waals surface area contributed by atoms with Crippen LogP contribution in [0.4, 0.5) is 5.69 Å². The van der Waals surface area contributed by atoms with Crippen LogP contribution in [0.2, 0.25) is 0 Å². The number of nitrogens with one attached hydrogen (secondary N) is 2. The van der Waals surface area contributed by atoms with Crippen LogP contribution in [0.15, 0.2) is 41.0 Å². The number of hydrogen-bond donors (Lipinski definition) is 4. The lowest BCUT2D eigenvalue weighted by molar-refractivity contribution is 0.587. The molecule has 1 aliphatic carbocycles. The molecule has 0 unspecified atom stereocenters. The van der Waals surface area contributed by atoms with Crippen molar-refractivity contribution < 1.29 is 8.42 Å². The second-order valence-electron chi connectivity index (χ2n) is 6.00. The highest BCUT2D eigenvalue weighted by atomic mass is 32.2. The summed E-state index contributed by atoms with van der Waals surface area (Å²) in [7, 11) is -1.51. The number of hydrogen-bond acceptors (Lipinski definition) is 5. The fourth-order valence-corrected chi connectivity index (χ4v) is 4.12. The first-order chi connectivity index (χ1) is 11.7. The predicted molar refractivity (Wildman–Crippen MR) is 106 cm³/mol. The van der Waals surface area contributed by atoms with Crippen molar-refractivity contribution in [2.24, 2.45) is 16.5 Å². The number of amidine groups is 1. The Kier molecular flexibility index (Phi) is 5.69. The van der Waals surface area contributed by atoms with Gasteiger partial charge < -0.3 is 22.1 Å². The molecule has 0 spiro atoms. The van der Waals surface area contributed by atoms with Gasteiger partial charge in [0, 0.05) is 30.8 Å². The Morgan fingerprint density at radius 1 is 1.32 bits per heavy atom. The Morgan fingerprint density at radius 2 is 1.92 bits per heavy atom. The number of benzene rings is 1. The van der Waals surface area contributed by atoms with Crippen LogP contribution in [-0.2, 0) is 16.4 Å². The number of thiocarbonyl (C=S) groups is 1. The summed E-state index contributed by atoms with van der Waals surface area (Å²) in [6.45, 7) is 0.387. The van der Waals surface area contributed by atoms with Crippen molar-refractivity contribution in [1.82, 2.24) is 5.32 Å². The Hall–Kier alpha value is -2.13. The zero-order valence-corrected chi connectivity index (χ0v) is 15.9. The van der Waals surface area contributed by atoms with Crippen LogP contribution < -0.4 is 22.1 Å². The number of aliphatic imine (C=N–C) groups is 1. The highest BCUT2D eigenvalue weighted by Crippen LogP contribution is 2.47. The van der Waals surface area contributed by atoms with Gasteiger partial charge in [0.15, 0.2) is 14.9 Å². The van der Waals surface area contributed by atoms with Gasteiger partial charge in [0.05, 0.1) is 6.54 Å². The molecular weight excluding hydrogens is 358 g/mol. The molecule has 2 rings (SSSR count). The Balaban J connectivity index is 2.09. The molecule has 0 aliphatic heterocycles. The monoisotopic (exact) mass is 381 g/mol. The summed E-state index contributed by atoms with van der Waals surface area (Å²) in [6.07, 6.45) is 4.06. The summed E-state index contributed by atoms with van der Waals surface area (Å²) in [6, 6.07) is 7.47. The third-order valence-corrected chi connectivity index (χ3v) is 6.28. The molecular formula is C16H23N5O2S2. The van der Waals surface area contributed by atoms with Crippen molar-refractivity contribution in [3.05, 3.63) is 41.6 Å². The highest BCUT2D eigenvalue weighted by molar-refractivity contribution is 7.92. The van der Waals surface area contributed by atoms with E-state index in [2.05, 4.69) is 15.6 Å². The molecule has 7 nitrogen and oxygen atoms in total. The molecule has 0 atom stereocenters. The van der Waals surface area contributed by atoms with Crippen LogP contribution in [-0.4, -0.2) is 37.4 Å². The van der Waals surface area contributed by atoms with E-state index >= 15 is 0 Å². The lowest BCUT2D eigenvalue weighted by atomic mass is 10.2. The fraction of sp³-hybridized carbons (Fsp3) is 0.375. The van der Waals surface area contributed by atoms with E-state index in [0.717, 1.165) is 11.3 Å². The fourth-order valence-electron chi connectivity index (χ4n) is 2.60. The topological polar surface area (TPSA) is 123 Å². The second-order valence-corrected chi connectivity index (χ2v) is 8.77. The normalized spacial score (nSPS) is 17.0. The van der Waals surface area contributed by atoms with Gasteiger partial charge in [-0.1, -0.05) is 12.1 Å². The Bertz CT molecular complexity index is 809. The molecule has 136 valence electrons. The third kappa shape index (κ3) is 4.70. The minimum absolute atomic E-state index is 0.208. The molecule has 9 heteroatoms. The molecule has 6 N–H and O–H groups in total. The minimum atomic E-state index is -3.20. The first kappa shape index (κ1) is 19.2. The molecule has 25 heavy (non-hydrogen) atoms. The number of nitrogens with zero attached hydrogens (tertiary/aromatic N) is 1. The van der Waals surface area contributed by atoms with Crippen molar-refractivity contribution >= 4 is 38.7 Å². The molecule has 1 aromatic rings. The van der Waals surface area contributed by atoms with Crippen molar-refractivity contribution in [3.8, 4) is 0 Å². The van der Waals surface area contributed by atoms with E-state index in [0.29, 0.717) is 25.1 Å². The number of sulfone groups is 1. The zero-order valence-electron chi connectivity index (χ0n) is 14.2. The average molecular weight is 382 g/mol. The highest BCUT2D eigenvalue weighted by Gasteiger charge is 2.55. The summed E-state index contributed by atoms with van der Waals surface area (Å²) in [5.74, 6) is 0.282. The quantitative estimate of drug-likeness (QED) is 0.314. The van der Waals surface area contributed by atoms with Crippen LogP contribution in [0.25, 0.3) is 0 Å². The predicted octanol–water partition coefficient (Wildman–Crippen LogP) is 0.880. The largest absolute Gasteiger partial charge is 0.390 e. The maximum absolute atomic E-state index is 12.0. The summed E-state index contributed by atoms with van der Waals surface area (Å²) in [4.78, 5) is 4.31. The minimum Gasteiger partial charge on any atom is -0.390 e. The van der Waals surface area contributed by atoms with Gasteiger partial charge in [-0.15, -0.1) is 0 Å². The maximum Gasteiger partial charge on any atom is 0.168 e. The van der Waals surface area contributed by atoms with E-state index < -0.39 is 14.6 Å². The van der Waals surface area contributed by atoms with Gasteiger partial charge in [-0.2, -0.15) is 0 Å². The van der Waals surface area contributed by atoms with Crippen molar-refractivity contribution in [1.29, 1.82) is 0 Å². The molecule has 1 aliphatic rings. The number of rotatable bonds is 7. The first-order valence-electron chi connectivity index (χ1n) is 7.73. The first-order valence-corrected chi connectivity index (χ1v) is 10.0. The van der Waals surface area contributed by atoms with Crippen LogP contribution >= 0.6 is 12.2 Å². The van der Waals surface area contributed by atoms with Gasteiger partial charge in [-0.05, 0) is 42.8 Å². The zero-order chi connectivity index (χ0) is 18.7. The van der Waals surface area contributed by atoms with Gasteiger partial charge in [0.2, 0.25) is 0 Å². The van der Waals surface area contributed by atoms with Crippen LogP contribution in [0, 0.1) is 0 Å². The van der Waals surface area contributed by atoms with Crippen LogP contribution in [0.5, 0.6) is 0 Å². The smallest absolute Gasteiger partial charge is 0.168 e. The van der Waals surface area contributed by atoms with Gasteiger partial charge in [0.1, 0.15) is 10.6 Å². The summed E-state index contributed by atoms with van der Waals surface area (Å²) >= 11 is 4.78. The van der Waals surface area contributed by atoms with Gasteiger partial charge in [0.25, 0.3) is 0 Å². The van der Waals surface area contributed by atoms with E-state index in [-0.39, 0.29) is 10.9 Å². The van der Waals surface area contributed by atoms with Gasteiger partial charge in [-0.3, -0.25) is 4.99 Å². The lowest BCUT2D eigenvalue weighted by Gasteiger charge is -2.17. The van der Waals surface area contributed by atoms with Crippen LogP contribution in [0.1, 0.15) is 18.4 Å². The van der Waals surface area contributed by atoms with Crippen LogP contribution in [0.3, 0.4) is 0 Å². The van der Waals surface area contributed by atoms with Gasteiger partial charge >= 0.3 is 0 Å². The summed E-state index contributed by atoms with van der Waals surface area (Å²) in [5, 5.41) is 6.01. The van der Waals surface area contributed by atoms with E-state index in [1.807, 2.05) is 24.3 Å². The van der Waals surface area contributed by atoms with Crippen molar-refractivity contribution in [3.63, 3.8) is 0 Å². The SMILES string of the molecule is CN/C(=C\C(N)=NCc1ccc(NC(N)=S)cc1)C1(S(C)(=O)=O)CC1. The molecule has 0 bridgehead atoms. The average Bonchev–Trinajstić information content (AvgIpc) is 3.33. The molecule has 1 aromatic carbocycles. The van der Waals surface area contributed by atoms with E-state index in [1.54, 1.807) is 13.1 Å². The van der Waals surface area contributed by atoms with Crippen molar-refractivity contribution in [2.75, 3.05) is 18.6 Å². The van der Waals surface area contributed by atoms with Gasteiger partial charge in [-0.25, -0.2) is 8.42 Å². The summed E-state index contributed by atoms with van der Waals surface area (Å²) < 4.78 is 23.2. The summed E-state index contributed by atoms with van der Waals surface area (Å²) in [5.41, 5.74) is 13.7. The van der Waals surface area contributed by atoms with E-state index in [1.165, 1.54) is 6.26 Å². The molecule has 0 aromatic heterocycles. The molecule has 1 fully saturated rings. The standard InChI is InChI=1S/C16H23N5O2S2/c1-19-13(16(7-8-16)25(2,22)23)9-14(17)20-10-11-3-5-12(6-4-11)21-15(18)24/h3-6,9,19H,7-8,10H2,1-2H3,(H2,17,20)(H3,18,21,24)/b13-9-. The molecule has 0 radical (unpaired) electrons. The Labute approximate surface area is 153 Å². The molecule has 0 saturated heterocycles. The van der Waals surface area contributed by atoms with Crippen molar-refractivity contribution in [2.45, 2.75) is 24.1 Å². The lowest BCUT2D eigenvalue weighted by Crippen LogP contribution is -2.32. The maximum atomic E-state index is 12.0. The van der Waals surface area contributed by atoms with E-state index in [4.69, 9.17) is 23.7 Å². The molecule has 0 amide bonds.